The van der Waals surface area contributed by atoms with Crippen LogP contribution < -0.4 is 21.3 Å². The van der Waals surface area contributed by atoms with Crippen LogP contribution in [0.5, 0.6) is 0 Å². The molecule has 2 aliphatic heterocycles. The molecule has 2 aliphatic rings. The molecule has 2 fully saturated rings. The van der Waals surface area contributed by atoms with Gasteiger partial charge in [-0.25, -0.2) is 4.39 Å². The highest BCUT2D eigenvalue weighted by molar-refractivity contribution is 6.31. The van der Waals surface area contributed by atoms with E-state index in [9.17, 15) is 57.1 Å². The van der Waals surface area contributed by atoms with Crippen LogP contribution in [-0.2, 0) is 70.4 Å². The molecule has 0 unspecified atom stereocenters. The molecule has 528 valence electrons. The number of carbonyl (C=O) groups is 12. The zero-order chi connectivity index (χ0) is 71.5. The third kappa shape index (κ3) is 22.9. The van der Waals surface area contributed by atoms with Crippen LogP contribution in [-0.4, -0.2) is 240 Å². The molecule has 8 atom stereocenters. The van der Waals surface area contributed by atoms with Crippen LogP contribution in [0.25, 0.3) is 0 Å². The predicted octanol–water partition coefficient (Wildman–Crippen LogP) is 4.69. The van der Waals surface area contributed by atoms with Gasteiger partial charge in [0, 0.05) is 85.3 Å². The zero-order valence-electron chi connectivity index (χ0n) is 58.4. The van der Waals surface area contributed by atoms with Crippen LogP contribution >= 0.6 is 23.2 Å². The number of rotatable bonds is 14. The normalized spacial score (nSPS) is 23.8. The molecule has 0 spiro atoms. The van der Waals surface area contributed by atoms with E-state index >= 15 is 4.79 Å². The molecule has 0 aliphatic carbocycles. The minimum atomic E-state index is -1.75. The number of halogens is 3. The fraction of sp³-hybridized carbons (Fsp3) is 0.647. The number of likely N-dealkylation sites (N-methyl/N-ethyl adjacent to an activating group) is 7. The van der Waals surface area contributed by atoms with Gasteiger partial charge < -0.3 is 60.5 Å². The van der Waals surface area contributed by atoms with Crippen molar-refractivity contribution in [3.05, 3.63) is 69.5 Å². The lowest BCUT2D eigenvalue weighted by molar-refractivity contribution is -0.152. The summed E-state index contributed by atoms with van der Waals surface area (Å²) in [6, 6.07) is 0.746. The van der Waals surface area contributed by atoms with Crippen molar-refractivity contribution in [2.45, 2.75) is 187 Å². The summed E-state index contributed by atoms with van der Waals surface area (Å²) in [4.78, 5) is 185. The van der Waals surface area contributed by atoms with Crippen molar-refractivity contribution in [2.75, 3.05) is 82.1 Å². The highest BCUT2D eigenvalue weighted by atomic mass is 35.5. The van der Waals surface area contributed by atoms with Crippen molar-refractivity contribution in [1.82, 2.24) is 60.5 Å². The summed E-state index contributed by atoms with van der Waals surface area (Å²) in [6.45, 7) is 14.6. The lowest BCUT2D eigenvalue weighted by Gasteiger charge is -2.39. The van der Waals surface area contributed by atoms with Crippen LogP contribution in [0.1, 0.15) is 138 Å². The second-order valence-corrected chi connectivity index (χ2v) is 27.9. The van der Waals surface area contributed by atoms with E-state index in [2.05, 4.69) is 21.3 Å². The summed E-state index contributed by atoms with van der Waals surface area (Å²) in [7, 11) is 9.54. The molecule has 0 saturated carbocycles. The van der Waals surface area contributed by atoms with E-state index in [0.29, 0.717) is 55.8 Å². The van der Waals surface area contributed by atoms with Gasteiger partial charge in [-0.1, -0.05) is 103 Å². The smallest absolute Gasteiger partial charge is 0.246 e. The Kier molecular flexibility index (Phi) is 30.9. The molecule has 12 amide bonds. The number of carbonyl (C=O) groups excluding carboxylic acids is 12. The summed E-state index contributed by atoms with van der Waals surface area (Å²) in [6.07, 6.45) is 2.76. The largest absolute Gasteiger partial charge is 0.343 e. The van der Waals surface area contributed by atoms with Crippen LogP contribution in [0, 0.1) is 23.6 Å². The standard InChI is InChI=1S/C68H103Cl2FN12O12/c1-17-19-23-49-63(91)82(16)68(8,9)67(95)74-51(30-41(3)4)62(90)81(15)54(65(93)83-28-21-20-22-29-83)37-56(85)79(13)52(31-42(5)6)61(89)75-59(43(7)18-2)66(94)78(12)39-57(86)76(10)40-58(87)80(14)53(35-44-24-26-46(69)27-25-44)64(92)77(11)38-55(84)72-50(60(88)73-49)34-45-32-47(70)36-48(71)33-45/h24-27,32-33,36,41-43,49-54,59H,17-23,28-31,34-35,37-40H2,1-16H3,(H,72,84)(H,73,88)(H,74,95)(H,75,89)/t43-,49-,50-,51-,52-,53-,54-,59-/m0/s1. The molecule has 95 heavy (non-hydrogen) atoms. The van der Waals surface area contributed by atoms with Gasteiger partial charge in [0.2, 0.25) is 70.9 Å². The summed E-state index contributed by atoms with van der Waals surface area (Å²) in [5.41, 5.74) is -0.999. The van der Waals surface area contributed by atoms with Crippen LogP contribution in [0.15, 0.2) is 42.5 Å². The van der Waals surface area contributed by atoms with Crippen molar-refractivity contribution >= 4 is 94.1 Å². The van der Waals surface area contributed by atoms with E-state index in [1.807, 2.05) is 41.5 Å². The number of nitrogens with zero attached hydrogens (tertiary/aromatic N) is 8. The van der Waals surface area contributed by atoms with Gasteiger partial charge in [0.1, 0.15) is 53.6 Å². The Hall–Kier alpha value is -7.41. The molecule has 2 heterocycles. The molecule has 4 rings (SSSR count). The maximum atomic E-state index is 15.1. The van der Waals surface area contributed by atoms with Crippen LogP contribution in [0.3, 0.4) is 0 Å². The molecule has 0 bridgehead atoms. The van der Waals surface area contributed by atoms with E-state index in [4.69, 9.17) is 23.2 Å². The number of piperidine rings is 1. The maximum Gasteiger partial charge on any atom is 0.246 e. The average molecular weight is 1370 g/mol. The molecule has 24 nitrogen and oxygen atoms in total. The quantitative estimate of drug-likeness (QED) is 0.201. The first-order valence-corrected chi connectivity index (χ1v) is 33.7. The molecular formula is C68H103Cl2FN12O12. The van der Waals surface area contributed by atoms with Crippen LogP contribution in [0.4, 0.5) is 4.39 Å². The lowest BCUT2D eigenvalue weighted by atomic mass is 9.95. The first-order valence-electron chi connectivity index (χ1n) is 32.9. The van der Waals surface area contributed by atoms with E-state index in [1.54, 1.807) is 36.1 Å². The summed E-state index contributed by atoms with van der Waals surface area (Å²) in [5.74, 6) is -10.3. The Balaban J connectivity index is 1.90. The maximum absolute atomic E-state index is 15.1. The van der Waals surface area contributed by atoms with E-state index < -0.39 is 157 Å². The van der Waals surface area contributed by atoms with Gasteiger partial charge in [-0.15, -0.1) is 0 Å². The first-order chi connectivity index (χ1) is 44.4. The summed E-state index contributed by atoms with van der Waals surface area (Å²) in [5, 5.41) is 11.5. The molecule has 2 saturated heterocycles. The molecule has 2 aromatic carbocycles. The Bertz CT molecular complexity index is 3040. The van der Waals surface area contributed by atoms with Gasteiger partial charge in [-0.3, -0.25) is 57.5 Å². The summed E-state index contributed by atoms with van der Waals surface area (Å²) < 4.78 is 14.9. The highest BCUT2D eigenvalue weighted by Gasteiger charge is 2.44. The van der Waals surface area contributed by atoms with Crippen molar-refractivity contribution in [3.63, 3.8) is 0 Å². The predicted molar refractivity (Wildman–Crippen MR) is 360 cm³/mol. The molecule has 2 aromatic rings. The van der Waals surface area contributed by atoms with Gasteiger partial charge in [0.25, 0.3) is 0 Å². The Morgan fingerprint density at radius 2 is 1.17 bits per heavy atom. The van der Waals surface area contributed by atoms with Gasteiger partial charge in [-0.2, -0.15) is 0 Å². The Morgan fingerprint density at radius 1 is 0.579 bits per heavy atom. The van der Waals surface area contributed by atoms with Crippen molar-refractivity contribution in [3.8, 4) is 0 Å². The monoisotopic (exact) mass is 1370 g/mol. The number of hydrogen-bond donors (Lipinski definition) is 4. The van der Waals surface area contributed by atoms with Crippen LogP contribution in [0.2, 0.25) is 10.0 Å². The number of benzene rings is 2. The van der Waals surface area contributed by atoms with Crippen molar-refractivity contribution in [1.29, 1.82) is 0 Å². The molecule has 4 N–H and O–H groups in total. The van der Waals surface area contributed by atoms with Crippen molar-refractivity contribution < 1.29 is 61.9 Å². The van der Waals surface area contributed by atoms with Gasteiger partial charge in [-0.05, 0) is 112 Å². The van der Waals surface area contributed by atoms with E-state index in [0.717, 1.165) is 48.0 Å². The molecular weight excluding hydrogens is 1270 g/mol. The first kappa shape index (κ1) is 80.0. The zero-order valence-corrected chi connectivity index (χ0v) is 60.0. The highest BCUT2D eigenvalue weighted by Crippen LogP contribution is 2.24. The molecule has 27 heteroatoms. The second kappa shape index (κ2) is 36.6. The SMILES string of the molecule is CCCC[C@@H]1NC(=O)[C@H](Cc2cc(F)cc(Cl)c2)NC(=O)CN(C)C(=O)[C@H](Cc2ccc(Cl)cc2)N(C)C(=O)CN(C)C(=O)CN(C)C(=O)[C@H]([C@@H](C)CC)NC(=O)[C@H](CC(C)C)N(C)C(=O)C[C@@H](C(=O)N2CCCCC2)N(C)C(=O)[C@H](CC(C)C)NC(=O)C(C)(C)N(C)C1=O. The number of hydrogen-bond acceptors (Lipinski definition) is 12. The topological polar surface area (TPSA) is 279 Å². The molecule has 0 aromatic heterocycles. The van der Waals surface area contributed by atoms with Gasteiger partial charge >= 0.3 is 0 Å². The van der Waals surface area contributed by atoms with E-state index in [-0.39, 0.29) is 54.5 Å². The number of nitrogens with one attached hydrogen (secondary N) is 4. The van der Waals surface area contributed by atoms with Crippen molar-refractivity contribution in [2.24, 2.45) is 17.8 Å². The summed E-state index contributed by atoms with van der Waals surface area (Å²) >= 11 is 12.5. The molecule has 0 radical (unpaired) electrons. The fourth-order valence-corrected chi connectivity index (χ4v) is 11.8. The number of likely N-dealkylation sites (tertiary alicyclic amines) is 1. The average Bonchev–Trinajstić information content (AvgIpc) is 0.820. The number of amides is 12. The number of unbranched alkanes of at least 4 members (excludes halogenated alkanes) is 1. The third-order valence-electron chi connectivity index (χ3n) is 18.1. The fourth-order valence-electron chi connectivity index (χ4n) is 11.5. The second-order valence-electron chi connectivity index (χ2n) is 27.0. The minimum Gasteiger partial charge on any atom is -0.343 e. The van der Waals surface area contributed by atoms with E-state index in [1.165, 1.54) is 74.1 Å². The minimum absolute atomic E-state index is 0.0115. The Labute approximate surface area is 570 Å². The Morgan fingerprint density at radius 3 is 1.75 bits per heavy atom. The third-order valence-corrected chi connectivity index (χ3v) is 18.5. The van der Waals surface area contributed by atoms with Gasteiger partial charge in [0.05, 0.1) is 26.1 Å². The van der Waals surface area contributed by atoms with Gasteiger partial charge in [0.15, 0.2) is 0 Å². The lowest BCUT2D eigenvalue weighted by Crippen LogP contribution is -2.63.